The van der Waals surface area contributed by atoms with E-state index < -0.39 is 0 Å². The van der Waals surface area contributed by atoms with Gasteiger partial charge in [-0.2, -0.15) is 0 Å². The molecule has 0 aliphatic carbocycles. The van der Waals surface area contributed by atoms with E-state index in [-0.39, 0.29) is 12.4 Å². The molecule has 0 atom stereocenters. The van der Waals surface area contributed by atoms with Crippen molar-refractivity contribution >= 4 is 41.3 Å². The Balaban J connectivity index is 1.41. The fourth-order valence-corrected chi connectivity index (χ4v) is 2.94. The lowest BCUT2D eigenvalue weighted by molar-refractivity contribution is -0.134. The van der Waals surface area contributed by atoms with Gasteiger partial charge in [-0.25, -0.2) is 0 Å². The number of aromatic nitrogens is 1. The highest BCUT2D eigenvalue weighted by molar-refractivity contribution is 6.35. The standard InChI is InChI=1S/C23H19Cl2NO3/c24-18-9-13-22(21(25)16-18)28-15-3-5-23(27)29-20-11-7-17(8-12-20)6-10-19-4-1-2-14-26-19/h1-2,4,6-14,16H,3,5,15H2/b10-6+. The first-order valence-corrected chi connectivity index (χ1v) is 9.83. The Bertz CT molecular complexity index is 973. The molecule has 0 bridgehead atoms. The summed E-state index contributed by atoms with van der Waals surface area (Å²) in [6.45, 7) is 0.355. The van der Waals surface area contributed by atoms with E-state index in [1.54, 1.807) is 36.5 Å². The van der Waals surface area contributed by atoms with Crippen molar-refractivity contribution in [2.45, 2.75) is 12.8 Å². The third kappa shape index (κ3) is 6.93. The van der Waals surface area contributed by atoms with Crippen LogP contribution in [0.2, 0.25) is 10.0 Å². The van der Waals surface area contributed by atoms with Crippen molar-refractivity contribution < 1.29 is 14.3 Å². The average Bonchev–Trinajstić information content (AvgIpc) is 2.73. The molecule has 1 aromatic heterocycles. The van der Waals surface area contributed by atoms with Crippen LogP contribution in [0.15, 0.2) is 66.9 Å². The summed E-state index contributed by atoms with van der Waals surface area (Å²) >= 11 is 11.9. The molecule has 0 spiro atoms. The highest BCUT2D eigenvalue weighted by atomic mass is 35.5. The number of rotatable bonds is 8. The smallest absolute Gasteiger partial charge is 0.311 e. The minimum Gasteiger partial charge on any atom is -0.492 e. The SMILES string of the molecule is O=C(CCCOc1ccc(Cl)cc1Cl)Oc1ccc(/C=C/c2ccccn2)cc1. The molecule has 0 saturated heterocycles. The molecule has 29 heavy (non-hydrogen) atoms. The minimum absolute atomic E-state index is 0.243. The fourth-order valence-electron chi connectivity index (χ4n) is 2.48. The van der Waals surface area contributed by atoms with Crippen LogP contribution >= 0.6 is 23.2 Å². The van der Waals surface area contributed by atoms with Gasteiger partial charge < -0.3 is 9.47 Å². The van der Waals surface area contributed by atoms with Crippen molar-refractivity contribution in [2.75, 3.05) is 6.61 Å². The van der Waals surface area contributed by atoms with Crippen molar-refractivity contribution in [3.8, 4) is 11.5 Å². The molecule has 148 valence electrons. The maximum Gasteiger partial charge on any atom is 0.311 e. The number of carbonyl (C=O) groups is 1. The molecule has 6 heteroatoms. The Kier molecular flexibility index (Phi) is 7.68. The lowest BCUT2D eigenvalue weighted by atomic mass is 10.2. The van der Waals surface area contributed by atoms with Gasteiger partial charge in [0.25, 0.3) is 0 Å². The molecule has 1 heterocycles. The van der Waals surface area contributed by atoms with E-state index in [0.717, 1.165) is 11.3 Å². The maximum atomic E-state index is 12.0. The average molecular weight is 428 g/mol. The molecule has 3 aromatic rings. The van der Waals surface area contributed by atoms with Crippen LogP contribution in [0.3, 0.4) is 0 Å². The molecule has 0 aliphatic heterocycles. The van der Waals surface area contributed by atoms with Gasteiger partial charge in [0.05, 0.1) is 17.3 Å². The van der Waals surface area contributed by atoms with E-state index in [4.69, 9.17) is 32.7 Å². The second-order valence-electron chi connectivity index (χ2n) is 6.16. The first-order chi connectivity index (χ1) is 14.1. The summed E-state index contributed by atoms with van der Waals surface area (Å²) in [5, 5.41) is 0.987. The molecule has 0 fully saturated rings. The van der Waals surface area contributed by atoms with Gasteiger partial charge in [-0.1, -0.05) is 47.5 Å². The van der Waals surface area contributed by atoms with Crippen molar-refractivity contribution in [2.24, 2.45) is 0 Å². The van der Waals surface area contributed by atoms with Gasteiger partial charge in [0.1, 0.15) is 11.5 Å². The molecular formula is C23H19Cl2NO3. The molecule has 3 rings (SSSR count). The highest BCUT2D eigenvalue weighted by Crippen LogP contribution is 2.27. The molecule has 4 nitrogen and oxygen atoms in total. The van der Waals surface area contributed by atoms with Gasteiger partial charge in [0.15, 0.2) is 0 Å². The van der Waals surface area contributed by atoms with Crippen LogP contribution in [0.5, 0.6) is 11.5 Å². The number of hydrogen-bond donors (Lipinski definition) is 0. The normalized spacial score (nSPS) is 10.8. The zero-order valence-corrected chi connectivity index (χ0v) is 17.1. The number of hydrogen-bond acceptors (Lipinski definition) is 4. The molecule has 0 aliphatic rings. The maximum absolute atomic E-state index is 12.0. The Labute approximate surface area is 179 Å². The predicted octanol–water partition coefficient (Wildman–Crippen LogP) is 6.32. The minimum atomic E-state index is -0.312. The number of esters is 1. The second-order valence-corrected chi connectivity index (χ2v) is 7.00. The Morgan fingerprint density at radius 1 is 1.00 bits per heavy atom. The zero-order valence-electron chi connectivity index (χ0n) is 15.6. The van der Waals surface area contributed by atoms with Gasteiger partial charge in [0.2, 0.25) is 0 Å². The molecule has 0 N–H and O–H groups in total. The fraction of sp³-hybridized carbons (Fsp3) is 0.130. The molecule has 0 radical (unpaired) electrons. The Hall–Kier alpha value is -2.82. The van der Waals surface area contributed by atoms with Gasteiger partial charge in [0, 0.05) is 17.6 Å². The van der Waals surface area contributed by atoms with Crippen molar-refractivity contribution in [1.82, 2.24) is 4.98 Å². The summed E-state index contributed by atoms with van der Waals surface area (Å²) in [6.07, 6.45) is 6.38. The molecule has 2 aromatic carbocycles. The summed E-state index contributed by atoms with van der Waals surface area (Å²) in [7, 11) is 0. The number of benzene rings is 2. The number of nitrogens with zero attached hydrogens (tertiary/aromatic N) is 1. The van der Waals surface area contributed by atoms with Crippen LogP contribution in [0.4, 0.5) is 0 Å². The van der Waals surface area contributed by atoms with Crippen molar-refractivity contribution in [3.05, 3.63) is 88.2 Å². The first kappa shape index (κ1) is 20.9. The lowest BCUT2D eigenvalue weighted by Gasteiger charge is -2.08. The number of ether oxygens (including phenoxy) is 2. The quantitative estimate of drug-likeness (QED) is 0.239. The predicted molar refractivity (Wildman–Crippen MR) is 116 cm³/mol. The topological polar surface area (TPSA) is 48.4 Å². The van der Waals surface area contributed by atoms with E-state index in [1.165, 1.54) is 0 Å². The van der Waals surface area contributed by atoms with Crippen LogP contribution in [0, 0.1) is 0 Å². The summed E-state index contributed by atoms with van der Waals surface area (Å²) in [6, 6.07) is 18.0. The third-order valence-corrected chi connectivity index (χ3v) is 4.45. The van der Waals surface area contributed by atoms with Crippen LogP contribution in [0.1, 0.15) is 24.1 Å². The summed E-state index contributed by atoms with van der Waals surface area (Å²) in [5.41, 5.74) is 1.87. The molecule has 0 saturated carbocycles. The van der Waals surface area contributed by atoms with Crippen molar-refractivity contribution in [3.63, 3.8) is 0 Å². The molecular weight excluding hydrogens is 409 g/mol. The third-order valence-electron chi connectivity index (χ3n) is 3.92. The molecule has 0 unspecified atom stereocenters. The number of carbonyl (C=O) groups excluding carboxylic acids is 1. The van der Waals surface area contributed by atoms with E-state index in [9.17, 15) is 4.79 Å². The summed E-state index contributed by atoms with van der Waals surface area (Å²) < 4.78 is 10.9. The van der Waals surface area contributed by atoms with Gasteiger partial charge in [-0.3, -0.25) is 9.78 Å². The molecule has 0 amide bonds. The number of halogens is 2. The van der Waals surface area contributed by atoms with Crippen molar-refractivity contribution in [1.29, 1.82) is 0 Å². The lowest BCUT2D eigenvalue weighted by Crippen LogP contribution is -2.10. The monoisotopic (exact) mass is 427 g/mol. The van der Waals surface area contributed by atoms with E-state index in [1.807, 2.05) is 42.5 Å². The van der Waals surface area contributed by atoms with Crippen LogP contribution in [-0.4, -0.2) is 17.6 Å². The van der Waals surface area contributed by atoms with E-state index >= 15 is 0 Å². The summed E-state index contributed by atoms with van der Waals surface area (Å²) in [4.78, 5) is 16.2. The van der Waals surface area contributed by atoms with E-state index in [0.29, 0.717) is 34.6 Å². The van der Waals surface area contributed by atoms with Gasteiger partial charge >= 0.3 is 5.97 Å². The highest BCUT2D eigenvalue weighted by Gasteiger charge is 2.06. The Morgan fingerprint density at radius 2 is 1.83 bits per heavy atom. The summed E-state index contributed by atoms with van der Waals surface area (Å²) in [5.74, 6) is 0.734. The second kappa shape index (κ2) is 10.6. The van der Waals surface area contributed by atoms with Crippen LogP contribution < -0.4 is 9.47 Å². The van der Waals surface area contributed by atoms with E-state index in [2.05, 4.69) is 4.98 Å². The first-order valence-electron chi connectivity index (χ1n) is 9.08. The van der Waals surface area contributed by atoms with Gasteiger partial charge in [-0.15, -0.1) is 0 Å². The zero-order chi connectivity index (χ0) is 20.5. The number of pyridine rings is 1. The largest absolute Gasteiger partial charge is 0.492 e. The van der Waals surface area contributed by atoms with Crippen LogP contribution in [0.25, 0.3) is 12.2 Å². The Morgan fingerprint density at radius 3 is 2.55 bits per heavy atom. The van der Waals surface area contributed by atoms with Gasteiger partial charge in [-0.05, 0) is 60.5 Å². The van der Waals surface area contributed by atoms with Crippen LogP contribution in [-0.2, 0) is 4.79 Å².